The molecule has 0 radical (unpaired) electrons. The highest BCUT2D eigenvalue weighted by molar-refractivity contribution is 5.79. The van der Waals surface area contributed by atoms with Crippen molar-refractivity contribution in [2.75, 3.05) is 47.4 Å². The number of hydrogen-bond donors (Lipinski definition) is 2. The van der Waals surface area contributed by atoms with E-state index in [-0.39, 0.29) is 0 Å². The Balaban J connectivity index is 1.78. The molecule has 0 aromatic heterocycles. The summed E-state index contributed by atoms with van der Waals surface area (Å²) < 4.78 is 10.7. The van der Waals surface area contributed by atoms with Gasteiger partial charge in [0.15, 0.2) is 17.5 Å². The molecule has 1 aromatic carbocycles. The average Bonchev–Trinajstić information content (AvgIpc) is 2.70. The smallest absolute Gasteiger partial charge is 0.191 e. The summed E-state index contributed by atoms with van der Waals surface area (Å²) in [4.78, 5) is 6.91. The first kappa shape index (κ1) is 20.4. The van der Waals surface area contributed by atoms with Crippen LogP contribution >= 0.6 is 0 Å². The van der Waals surface area contributed by atoms with Crippen molar-refractivity contribution in [1.29, 1.82) is 0 Å². The molecule has 1 atom stereocenters. The Morgan fingerprint density at radius 3 is 2.69 bits per heavy atom. The normalized spacial score (nSPS) is 18.5. The van der Waals surface area contributed by atoms with E-state index >= 15 is 0 Å². The van der Waals surface area contributed by atoms with Crippen molar-refractivity contribution in [3.8, 4) is 11.5 Å². The lowest BCUT2D eigenvalue weighted by molar-refractivity contribution is 0.157. The highest BCUT2D eigenvalue weighted by Gasteiger charge is 2.20. The van der Waals surface area contributed by atoms with E-state index in [4.69, 9.17) is 9.47 Å². The fourth-order valence-corrected chi connectivity index (χ4v) is 3.50. The molecule has 2 rings (SSSR count). The van der Waals surface area contributed by atoms with E-state index in [1.165, 1.54) is 31.4 Å². The Hall–Kier alpha value is -1.95. The molecule has 6 nitrogen and oxygen atoms in total. The number of piperidine rings is 1. The Morgan fingerprint density at radius 1 is 1.19 bits per heavy atom. The molecule has 146 valence electrons. The standard InChI is InChI=1S/C20H34N4O2/c1-5-24-13-7-6-8-17(24)15-23-20(21-2)22-12-11-16-9-10-18(25-3)19(14-16)26-4/h9-10,14,17H,5-8,11-13,15H2,1-4H3,(H2,21,22,23). The third-order valence-corrected chi connectivity index (χ3v) is 5.04. The molecule has 0 amide bonds. The van der Waals surface area contributed by atoms with Crippen LogP contribution in [-0.4, -0.2) is 64.3 Å². The maximum Gasteiger partial charge on any atom is 0.191 e. The number of likely N-dealkylation sites (tertiary alicyclic amines) is 1. The third-order valence-electron chi connectivity index (χ3n) is 5.04. The maximum atomic E-state index is 5.37. The second-order valence-corrected chi connectivity index (χ2v) is 6.60. The van der Waals surface area contributed by atoms with Gasteiger partial charge in [-0.1, -0.05) is 19.4 Å². The van der Waals surface area contributed by atoms with Gasteiger partial charge in [0.05, 0.1) is 14.2 Å². The lowest BCUT2D eigenvalue weighted by Gasteiger charge is -2.35. The van der Waals surface area contributed by atoms with Gasteiger partial charge in [-0.25, -0.2) is 0 Å². The van der Waals surface area contributed by atoms with Crippen LogP contribution in [0.2, 0.25) is 0 Å². The van der Waals surface area contributed by atoms with E-state index < -0.39 is 0 Å². The number of nitrogens with one attached hydrogen (secondary N) is 2. The van der Waals surface area contributed by atoms with Gasteiger partial charge in [-0.2, -0.15) is 0 Å². The topological polar surface area (TPSA) is 58.1 Å². The van der Waals surface area contributed by atoms with E-state index in [1.54, 1.807) is 14.2 Å². The van der Waals surface area contributed by atoms with Crippen LogP contribution in [0.3, 0.4) is 0 Å². The summed E-state index contributed by atoms with van der Waals surface area (Å²) in [5.74, 6) is 2.39. The minimum atomic E-state index is 0.609. The van der Waals surface area contributed by atoms with Gasteiger partial charge >= 0.3 is 0 Å². The Kier molecular flexibility index (Phi) is 8.54. The molecule has 1 unspecified atom stereocenters. The molecular formula is C20H34N4O2. The van der Waals surface area contributed by atoms with Crippen molar-refractivity contribution in [2.24, 2.45) is 4.99 Å². The van der Waals surface area contributed by atoms with Gasteiger partial charge < -0.3 is 20.1 Å². The van der Waals surface area contributed by atoms with Crippen LogP contribution < -0.4 is 20.1 Å². The van der Waals surface area contributed by atoms with Gasteiger partial charge in [-0.3, -0.25) is 9.89 Å². The fourth-order valence-electron chi connectivity index (χ4n) is 3.50. The summed E-state index contributed by atoms with van der Waals surface area (Å²) >= 11 is 0. The van der Waals surface area contributed by atoms with Crippen molar-refractivity contribution in [2.45, 2.75) is 38.6 Å². The average molecular weight is 363 g/mol. The number of rotatable bonds is 8. The van der Waals surface area contributed by atoms with Crippen LogP contribution in [0.4, 0.5) is 0 Å². The molecule has 26 heavy (non-hydrogen) atoms. The van der Waals surface area contributed by atoms with Crippen LogP contribution in [0, 0.1) is 0 Å². The minimum Gasteiger partial charge on any atom is -0.493 e. The van der Waals surface area contributed by atoms with Crippen LogP contribution in [0.5, 0.6) is 11.5 Å². The number of likely N-dealkylation sites (N-methyl/N-ethyl adjacent to an activating group) is 1. The van der Waals surface area contributed by atoms with E-state index in [1.807, 2.05) is 19.2 Å². The summed E-state index contributed by atoms with van der Waals surface area (Å²) in [6.45, 7) is 6.35. The fraction of sp³-hybridized carbons (Fsp3) is 0.650. The monoisotopic (exact) mass is 362 g/mol. The summed E-state index contributed by atoms with van der Waals surface area (Å²) in [6.07, 6.45) is 4.81. The van der Waals surface area contributed by atoms with Gasteiger partial charge in [0.25, 0.3) is 0 Å². The zero-order valence-electron chi connectivity index (χ0n) is 16.7. The molecule has 2 N–H and O–H groups in total. The van der Waals surface area contributed by atoms with Crippen molar-refractivity contribution in [3.05, 3.63) is 23.8 Å². The molecule has 1 fully saturated rings. The van der Waals surface area contributed by atoms with E-state index in [2.05, 4.69) is 33.5 Å². The Labute approximate surface area is 158 Å². The van der Waals surface area contributed by atoms with Gasteiger partial charge in [0, 0.05) is 26.2 Å². The van der Waals surface area contributed by atoms with E-state index in [0.717, 1.165) is 43.5 Å². The molecule has 1 heterocycles. The molecule has 1 aromatic rings. The van der Waals surface area contributed by atoms with Crippen LogP contribution in [0.15, 0.2) is 23.2 Å². The first-order valence-electron chi connectivity index (χ1n) is 9.61. The predicted octanol–water partition coefficient (Wildman–Crippen LogP) is 2.29. The lowest BCUT2D eigenvalue weighted by atomic mass is 10.0. The van der Waals surface area contributed by atoms with Crippen LogP contribution in [0.1, 0.15) is 31.7 Å². The summed E-state index contributed by atoms with van der Waals surface area (Å²) in [5, 5.41) is 6.89. The number of guanidine groups is 1. The number of benzene rings is 1. The predicted molar refractivity (Wildman–Crippen MR) is 108 cm³/mol. The number of hydrogen-bond acceptors (Lipinski definition) is 4. The number of nitrogens with zero attached hydrogens (tertiary/aromatic N) is 2. The molecule has 1 aliphatic rings. The maximum absolute atomic E-state index is 5.37. The molecule has 0 saturated carbocycles. The Bertz CT molecular complexity index is 577. The van der Waals surface area contributed by atoms with Crippen LogP contribution in [-0.2, 0) is 6.42 Å². The molecule has 1 aliphatic heterocycles. The van der Waals surface area contributed by atoms with Gasteiger partial charge in [-0.15, -0.1) is 0 Å². The van der Waals surface area contributed by atoms with Gasteiger partial charge in [-0.05, 0) is 50.0 Å². The summed E-state index contributed by atoms with van der Waals surface area (Å²) in [6, 6.07) is 6.65. The largest absolute Gasteiger partial charge is 0.493 e. The van der Waals surface area contributed by atoms with Crippen molar-refractivity contribution in [3.63, 3.8) is 0 Å². The van der Waals surface area contributed by atoms with Gasteiger partial charge in [0.2, 0.25) is 0 Å². The number of methoxy groups -OCH3 is 2. The first-order chi connectivity index (χ1) is 12.7. The zero-order valence-corrected chi connectivity index (χ0v) is 16.7. The molecule has 0 spiro atoms. The third kappa shape index (κ3) is 5.80. The van der Waals surface area contributed by atoms with E-state index in [9.17, 15) is 0 Å². The summed E-state index contributed by atoms with van der Waals surface area (Å²) in [7, 11) is 5.14. The quantitative estimate of drug-likeness (QED) is 0.549. The second kappa shape index (κ2) is 10.9. The molecule has 1 saturated heterocycles. The van der Waals surface area contributed by atoms with Crippen LogP contribution in [0.25, 0.3) is 0 Å². The lowest BCUT2D eigenvalue weighted by Crippen LogP contribution is -2.49. The first-order valence-corrected chi connectivity index (χ1v) is 9.61. The van der Waals surface area contributed by atoms with Crippen molar-refractivity contribution in [1.82, 2.24) is 15.5 Å². The van der Waals surface area contributed by atoms with Crippen molar-refractivity contribution < 1.29 is 9.47 Å². The zero-order chi connectivity index (χ0) is 18.8. The van der Waals surface area contributed by atoms with Crippen molar-refractivity contribution >= 4 is 5.96 Å². The van der Waals surface area contributed by atoms with Gasteiger partial charge in [0.1, 0.15) is 0 Å². The Morgan fingerprint density at radius 2 is 2.00 bits per heavy atom. The minimum absolute atomic E-state index is 0.609. The summed E-state index contributed by atoms with van der Waals surface area (Å²) in [5.41, 5.74) is 1.20. The number of ether oxygens (including phenoxy) is 2. The highest BCUT2D eigenvalue weighted by atomic mass is 16.5. The SMILES string of the molecule is CCN1CCCCC1CNC(=NC)NCCc1ccc(OC)c(OC)c1. The molecule has 6 heteroatoms. The highest BCUT2D eigenvalue weighted by Crippen LogP contribution is 2.27. The van der Waals surface area contributed by atoms with E-state index in [0.29, 0.717) is 6.04 Å². The number of aliphatic imine (C=N–C) groups is 1. The molecule has 0 bridgehead atoms. The molecular weight excluding hydrogens is 328 g/mol. The second-order valence-electron chi connectivity index (χ2n) is 6.60. The molecule has 0 aliphatic carbocycles.